The standard InChI is InChI=1S/C11H15N3O/c1-4-8(2)13-11(15)14-10-7-5-6-9(3)12-10/h4-7H,1-3H3,(H2,12,13,14,15)/b8-4+. The number of hydrogen-bond acceptors (Lipinski definition) is 2. The van der Waals surface area contributed by atoms with Gasteiger partial charge in [-0.1, -0.05) is 12.1 Å². The summed E-state index contributed by atoms with van der Waals surface area (Å²) < 4.78 is 0. The number of rotatable bonds is 2. The second-order valence-corrected chi connectivity index (χ2v) is 3.22. The van der Waals surface area contributed by atoms with Gasteiger partial charge in [0.2, 0.25) is 0 Å². The lowest BCUT2D eigenvalue weighted by atomic mass is 10.4. The summed E-state index contributed by atoms with van der Waals surface area (Å²) >= 11 is 0. The fourth-order valence-corrected chi connectivity index (χ4v) is 1.01. The predicted octanol–water partition coefficient (Wildman–Crippen LogP) is 2.44. The van der Waals surface area contributed by atoms with Crippen molar-refractivity contribution in [3.63, 3.8) is 0 Å². The van der Waals surface area contributed by atoms with Gasteiger partial charge in [0.05, 0.1) is 0 Å². The van der Waals surface area contributed by atoms with Gasteiger partial charge in [-0.05, 0) is 32.9 Å². The minimum Gasteiger partial charge on any atom is -0.312 e. The average molecular weight is 205 g/mol. The van der Waals surface area contributed by atoms with Crippen LogP contribution in [0.4, 0.5) is 10.6 Å². The highest BCUT2D eigenvalue weighted by Crippen LogP contribution is 2.03. The number of hydrogen-bond donors (Lipinski definition) is 2. The van der Waals surface area contributed by atoms with E-state index in [0.29, 0.717) is 5.82 Å². The molecule has 0 aromatic carbocycles. The van der Waals surface area contributed by atoms with E-state index in [2.05, 4.69) is 15.6 Å². The summed E-state index contributed by atoms with van der Waals surface area (Å²) in [4.78, 5) is 15.5. The fourth-order valence-electron chi connectivity index (χ4n) is 1.01. The van der Waals surface area contributed by atoms with Crippen LogP contribution in [0.25, 0.3) is 0 Å². The Hall–Kier alpha value is -1.84. The lowest BCUT2D eigenvalue weighted by Gasteiger charge is -2.06. The zero-order chi connectivity index (χ0) is 11.3. The lowest BCUT2D eigenvalue weighted by molar-refractivity contribution is 0.254. The van der Waals surface area contributed by atoms with E-state index in [1.165, 1.54) is 0 Å². The van der Waals surface area contributed by atoms with Gasteiger partial charge < -0.3 is 5.32 Å². The average Bonchev–Trinajstić information content (AvgIpc) is 2.17. The van der Waals surface area contributed by atoms with Gasteiger partial charge in [-0.15, -0.1) is 0 Å². The van der Waals surface area contributed by atoms with Crippen molar-refractivity contribution >= 4 is 11.8 Å². The first kappa shape index (κ1) is 11.2. The van der Waals surface area contributed by atoms with Gasteiger partial charge in [0, 0.05) is 11.4 Å². The summed E-state index contributed by atoms with van der Waals surface area (Å²) in [5.41, 5.74) is 1.68. The van der Waals surface area contributed by atoms with E-state index in [1.54, 1.807) is 6.07 Å². The van der Waals surface area contributed by atoms with Crippen LogP contribution in [-0.4, -0.2) is 11.0 Å². The van der Waals surface area contributed by atoms with E-state index in [1.807, 2.05) is 39.0 Å². The molecule has 0 atom stereocenters. The van der Waals surface area contributed by atoms with Crippen molar-refractivity contribution in [2.24, 2.45) is 0 Å². The number of allylic oxidation sites excluding steroid dienone is 2. The van der Waals surface area contributed by atoms with Crippen LogP contribution in [0.5, 0.6) is 0 Å². The third-order valence-corrected chi connectivity index (χ3v) is 1.87. The van der Waals surface area contributed by atoms with Gasteiger partial charge in [-0.2, -0.15) is 0 Å². The molecule has 1 aromatic rings. The van der Waals surface area contributed by atoms with Crippen LogP contribution in [0.15, 0.2) is 30.0 Å². The molecule has 4 nitrogen and oxygen atoms in total. The number of pyridine rings is 1. The molecule has 1 heterocycles. The molecular weight excluding hydrogens is 190 g/mol. The predicted molar refractivity (Wildman–Crippen MR) is 60.6 cm³/mol. The van der Waals surface area contributed by atoms with Gasteiger partial charge in [0.1, 0.15) is 5.82 Å². The fraction of sp³-hybridized carbons (Fsp3) is 0.273. The summed E-state index contributed by atoms with van der Waals surface area (Å²) in [6, 6.07) is 5.20. The number of urea groups is 1. The van der Waals surface area contributed by atoms with Crippen molar-refractivity contribution < 1.29 is 4.79 Å². The third kappa shape index (κ3) is 3.81. The van der Waals surface area contributed by atoms with E-state index >= 15 is 0 Å². The van der Waals surface area contributed by atoms with E-state index in [0.717, 1.165) is 11.4 Å². The van der Waals surface area contributed by atoms with Gasteiger partial charge in [-0.25, -0.2) is 9.78 Å². The molecule has 4 heteroatoms. The maximum Gasteiger partial charge on any atom is 0.324 e. The number of nitrogens with zero attached hydrogens (tertiary/aromatic N) is 1. The third-order valence-electron chi connectivity index (χ3n) is 1.87. The molecule has 1 rings (SSSR count). The summed E-state index contributed by atoms with van der Waals surface area (Å²) in [7, 11) is 0. The van der Waals surface area contributed by atoms with Crippen LogP contribution in [0.2, 0.25) is 0 Å². The van der Waals surface area contributed by atoms with Crippen LogP contribution in [0.1, 0.15) is 19.5 Å². The smallest absolute Gasteiger partial charge is 0.312 e. The summed E-state index contributed by atoms with van der Waals surface area (Å²) in [5.74, 6) is 0.552. The first-order chi connectivity index (χ1) is 7.11. The Balaban J connectivity index is 2.59. The molecule has 0 radical (unpaired) electrons. The molecular formula is C11H15N3O. The van der Waals surface area contributed by atoms with Crippen molar-refractivity contribution in [3.05, 3.63) is 35.7 Å². The molecule has 15 heavy (non-hydrogen) atoms. The highest BCUT2D eigenvalue weighted by atomic mass is 16.2. The Morgan fingerprint density at radius 1 is 1.47 bits per heavy atom. The molecule has 2 amide bonds. The van der Waals surface area contributed by atoms with Crippen LogP contribution in [0, 0.1) is 6.92 Å². The van der Waals surface area contributed by atoms with Crippen LogP contribution in [0.3, 0.4) is 0 Å². The van der Waals surface area contributed by atoms with E-state index < -0.39 is 0 Å². The van der Waals surface area contributed by atoms with E-state index in [-0.39, 0.29) is 6.03 Å². The number of nitrogens with one attached hydrogen (secondary N) is 2. The summed E-state index contributed by atoms with van der Waals surface area (Å²) in [5, 5.41) is 5.31. The molecule has 1 aromatic heterocycles. The monoisotopic (exact) mass is 205 g/mol. The number of carbonyl (C=O) groups excluding carboxylic acids is 1. The number of aryl methyl sites for hydroxylation is 1. The second-order valence-electron chi connectivity index (χ2n) is 3.22. The highest BCUT2D eigenvalue weighted by Gasteiger charge is 2.01. The molecule has 2 N–H and O–H groups in total. The van der Waals surface area contributed by atoms with Crippen molar-refractivity contribution in [2.75, 3.05) is 5.32 Å². The molecule has 0 unspecified atom stereocenters. The summed E-state index contributed by atoms with van der Waals surface area (Å²) in [6.45, 7) is 5.56. The normalized spacial score (nSPS) is 11.0. The number of anilines is 1. The topological polar surface area (TPSA) is 54.0 Å². The highest BCUT2D eigenvalue weighted by molar-refractivity contribution is 5.89. The Kier molecular flexibility index (Phi) is 3.85. The van der Waals surface area contributed by atoms with Gasteiger partial charge in [0.25, 0.3) is 0 Å². The molecule has 0 bridgehead atoms. The Morgan fingerprint density at radius 2 is 2.20 bits per heavy atom. The zero-order valence-corrected chi connectivity index (χ0v) is 9.16. The van der Waals surface area contributed by atoms with Crippen LogP contribution in [-0.2, 0) is 0 Å². The molecule has 0 saturated carbocycles. The quantitative estimate of drug-likeness (QED) is 0.779. The van der Waals surface area contributed by atoms with E-state index in [4.69, 9.17) is 0 Å². The first-order valence-electron chi connectivity index (χ1n) is 4.76. The zero-order valence-electron chi connectivity index (χ0n) is 9.16. The maximum atomic E-state index is 11.4. The Bertz CT molecular complexity index is 385. The lowest BCUT2D eigenvalue weighted by Crippen LogP contribution is -2.27. The number of carbonyl (C=O) groups is 1. The van der Waals surface area contributed by atoms with Crippen molar-refractivity contribution in [1.29, 1.82) is 0 Å². The first-order valence-corrected chi connectivity index (χ1v) is 4.76. The van der Waals surface area contributed by atoms with Crippen molar-refractivity contribution in [2.45, 2.75) is 20.8 Å². The minimum atomic E-state index is -0.274. The molecule has 0 saturated heterocycles. The number of aromatic nitrogens is 1. The van der Waals surface area contributed by atoms with Crippen LogP contribution >= 0.6 is 0 Å². The van der Waals surface area contributed by atoms with Gasteiger partial charge in [-0.3, -0.25) is 5.32 Å². The van der Waals surface area contributed by atoms with Gasteiger partial charge in [0.15, 0.2) is 0 Å². The molecule has 0 aliphatic heterocycles. The number of amides is 2. The maximum absolute atomic E-state index is 11.4. The Morgan fingerprint density at radius 3 is 2.80 bits per heavy atom. The van der Waals surface area contributed by atoms with Gasteiger partial charge >= 0.3 is 6.03 Å². The van der Waals surface area contributed by atoms with Crippen molar-refractivity contribution in [1.82, 2.24) is 10.3 Å². The van der Waals surface area contributed by atoms with E-state index in [9.17, 15) is 4.79 Å². The molecule has 0 aliphatic rings. The Labute approximate surface area is 89.4 Å². The largest absolute Gasteiger partial charge is 0.324 e. The van der Waals surface area contributed by atoms with Crippen molar-refractivity contribution in [3.8, 4) is 0 Å². The SMILES string of the molecule is C/C=C(\C)NC(=O)Nc1cccc(C)n1. The molecule has 0 aliphatic carbocycles. The molecule has 80 valence electrons. The minimum absolute atomic E-state index is 0.274. The molecule has 0 fully saturated rings. The summed E-state index contributed by atoms with van der Waals surface area (Å²) in [6.07, 6.45) is 1.82. The van der Waals surface area contributed by atoms with Crippen LogP contribution < -0.4 is 10.6 Å². The molecule has 0 spiro atoms. The second kappa shape index (κ2) is 5.14.